The largest absolute Gasteiger partial charge is 0.300 e. The van der Waals surface area contributed by atoms with Gasteiger partial charge >= 0.3 is 0 Å². The minimum atomic E-state index is 0.957. The molecule has 2 N–H and O–H groups in total. The molecule has 1 aliphatic rings. The number of benzene rings is 2. The summed E-state index contributed by atoms with van der Waals surface area (Å²) in [5.74, 6) is 0.984. The van der Waals surface area contributed by atoms with Gasteiger partial charge in [-0.05, 0) is 48.7 Å². The lowest BCUT2D eigenvalue weighted by molar-refractivity contribution is 0.858. The molecule has 102 valence electrons. The van der Waals surface area contributed by atoms with Crippen molar-refractivity contribution in [1.82, 2.24) is 5.43 Å². The fourth-order valence-electron chi connectivity index (χ4n) is 2.25. The number of halogens is 1. The van der Waals surface area contributed by atoms with Crippen LogP contribution in [0, 0.1) is 0 Å². The number of hydrogen-bond donors (Lipinski definition) is 2. The van der Waals surface area contributed by atoms with E-state index in [1.807, 2.05) is 30.3 Å². The first-order valence-corrected chi connectivity index (χ1v) is 7.54. The highest BCUT2D eigenvalue weighted by atomic mass is 79.9. The maximum Gasteiger partial charge on any atom is 0.121 e. The van der Waals surface area contributed by atoms with Crippen molar-refractivity contribution in [2.75, 3.05) is 5.43 Å². The molecule has 2 aromatic carbocycles. The summed E-state index contributed by atoms with van der Waals surface area (Å²) in [6.45, 7) is 0. The minimum Gasteiger partial charge on any atom is -0.300 e. The number of aryl methyl sites for hydroxylation is 1. The lowest BCUT2D eigenvalue weighted by Gasteiger charge is -2.11. The van der Waals surface area contributed by atoms with Gasteiger partial charge in [0.15, 0.2) is 0 Å². The molecule has 0 bridgehead atoms. The van der Waals surface area contributed by atoms with Crippen LogP contribution in [0.4, 0.5) is 11.4 Å². The third kappa shape index (κ3) is 3.20. The lowest BCUT2D eigenvalue weighted by atomic mass is 10.1. The number of hydrazine groups is 1. The molecular weight excluding hydrogens is 314 g/mol. The molecule has 0 fully saturated rings. The van der Waals surface area contributed by atoms with E-state index in [9.17, 15) is 0 Å². The zero-order valence-corrected chi connectivity index (χ0v) is 12.7. The molecule has 3 nitrogen and oxygen atoms in total. The number of para-hydroxylation sites is 1. The Hall–Kier alpha value is -1.81. The second-order valence-corrected chi connectivity index (χ2v) is 5.71. The molecule has 0 atom stereocenters. The summed E-state index contributed by atoms with van der Waals surface area (Å²) >= 11 is 3.43. The Morgan fingerprint density at radius 2 is 1.70 bits per heavy atom. The summed E-state index contributed by atoms with van der Waals surface area (Å²) in [7, 11) is 0. The van der Waals surface area contributed by atoms with Gasteiger partial charge in [-0.1, -0.05) is 34.1 Å². The molecule has 1 aliphatic heterocycles. The molecule has 20 heavy (non-hydrogen) atoms. The van der Waals surface area contributed by atoms with E-state index in [0.717, 1.165) is 40.9 Å². The van der Waals surface area contributed by atoms with Gasteiger partial charge in [-0.2, -0.15) is 0 Å². The van der Waals surface area contributed by atoms with E-state index in [1.165, 1.54) is 5.56 Å². The van der Waals surface area contributed by atoms with Crippen LogP contribution in [0.1, 0.15) is 18.4 Å². The van der Waals surface area contributed by atoms with Crippen molar-refractivity contribution in [2.24, 2.45) is 4.99 Å². The Morgan fingerprint density at radius 1 is 0.900 bits per heavy atom. The fourth-order valence-corrected chi connectivity index (χ4v) is 2.51. The van der Waals surface area contributed by atoms with Gasteiger partial charge in [0.25, 0.3) is 0 Å². The summed E-state index contributed by atoms with van der Waals surface area (Å²) in [5, 5.41) is 0. The summed E-state index contributed by atoms with van der Waals surface area (Å²) < 4.78 is 1.07. The summed E-state index contributed by atoms with van der Waals surface area (Å²) in [6.07, 6.45) is 3.16. The minimum absolute atomic E-state index is 0.957. The van der Waals surface area contributed by atoms with E-state index >= 15 is 0 Å². The zero-order chi connectivity index (χ0) is 13.8. The maximum atomic E-state index is 4.71. The molecule has 4 heteroatoms. The zero-order valence-electron chi connectivity index (χ0n) is 11.1. The molecule has 0 radical (unpaired) electrons. The van der Waals surface area contributed by atoms with Crippen LogP contribution in [-0.4, -0.2) is 5.84 Å². The van der Waals surface area contributed by atoms with Crippen molar-refractivity contribution in [3.63, 3.8) is 0 Å². The van der Waals surface area contributed by atoms with Gasteiger partial charge in [0.05, 0.1) is 11.4 Å². The Balaban J connectivity index is 1.71. The number of hydrogen-bond acceptors (Lipinski definition) is 3. The SMILES string of the molecule is Brc1ccc(NNC2=Nc3ccccc3CCC2)cc1. The van der Waals surface area contributed by atoms with Crippen molar-refractivity contribution in [2.45, 2.75) is 19.3 Å². The Labute approximate surface area is 127 Å². The quantitative estimate of drug-likeness (QED) is 0.799. The van der Waals surface area contributed by atoms with Crippen LogP contribution < -0.4 is 10.9 Å². The molecule has 1 heterocycles. The van der Waals surface area contributed by atoms with Crippen molar-refractivity contribution < 1.29 is 0 Å². The average molecular weight is 330 g/mol. The summed E-state index contributed by atoms with van der Waals surface area (Å²) in [4.78, 5) is 4.71. The third-order valence-electron chi connectivity index (χ3n) is 3.30. The molecule has 0 saturated carbocycles. The van der Waals surface area contributed by atoms with Crippen molar-refractivity contribution in [3.05, 3.63) is 58.6 Å². The summed E-state index contributed by atoms with van der Waals surface area (Å²) in [5.41, 5.74) is 9.84. The van der Waals surface area contributed by atoms with Gasteiger partial charge in [-0.25, -0.2) is 4.99 Å². The van der Waals surface area contributed by atoms with Crippen molar-refractivity contribution >= 4 is 33.1 Å². The number of nitrogens with zero attached hydrogens (tertiary/aromatic N) is 1. The number of amidine groups is 1. The molecule has 0 aromatic heterocycles. The van der Waals surface area contributed by atoms with Crippen LogP contribution in [-0.2, 0) is 6.42 Å². The first kappa shape index (κ1) is 13.2. The van der Waals surface area contributed by atoms with Gasteiger partial charge < -0.3 is 0 Å². The Bertz CT molecular complexity index is 620. The van der Waals surface area contributed by atoms with Gasteiger partial charge in [0.1, 0.15) is 5.84 Å². The third-order valence-corrected chi connectivity index (χ3v) is 3.83. The number of fused-ring (bicyclic) bond motifs is 1. The normalized spacial score (nSPS) is 13.9. The second-order valence-electron chi connectivity index (χ2n) is 4.80. The van der Waals surface area contributed by atoms with E-state index in [1.54, 1.807) is 0 Å². The highest BCUT2D eigenvalue weighted by Gasteiger charge is 2.09. The molecular formula is C16H16BrN3. The van der Waals surface area contributed by atoms with Crippen molar-refractivity contribution in [3.8, 4) is 0 Å². The van der Waals surface area contributed by atoms with Crippen LogP contribution >= 0.6 is 15.9 Å². The van der Waals surface area contributed by atoms with Crippen LogP contribution in [0.2, 0.25) is 0 Å². The van der Waals surface area contributed by atoms with Gasteiger partial charge in [-0.15, -0.1) is 0 Å². The molecule has 0 unspecified atom stereocenters. The van der Waals surface area contributed by atoms with Crippen LogP contribution in [0.15, 0.2) is 58.0 Å². The number of anilines is 1. The summed E-state index contributed by atoms with van der Waals surface area (Å²) in [6, 6.07) is 16.4. The Morgan fingerprint density at radius 3 is 2.55 bits per heavy atom. The highest BCUT2D eigenvalue weighted by Crippen LogP contribution is 2.24. The topological polar surface area (TPSA) is 36.4 Å². The number of nitrogens with one attached hydrogen (secondary N) is 2. The van der Waals surface area contributed by atoms with E-state index in [0.29, 0.717) is 0 Å². The molecule has 0 aliphatic carbocycles. The van der Waals surface area contributed by atoms with E-state index in [4.69, 9.17) is 4.99 Å². The Kier molecular flexibility index (Phi) is 4.02. The van der Waals surface area contributed by atoms with Crippen molar-refractivity contribution in [1.29, 1.82) is 0 Å². The average Bonchev–Trinajstić information content (AvgIpc) is 2.68. The second kappa shape index (κ2) is 6.09. The highest BCUT2D eigenvalue weighted by molar-refractivity contribution is 9.10. The van der Waals surface area contributed by atoms with Gasteiger partial charge in [-0.3, -0.25) is 10.9 Å². The van der Waals surface area contributed by atoms with Crippen LogP contribution in [0.3, 0.4) is 0 Å². The van der Waals surface area contributed by atoms with E-state index < -0.39 is 0 Å². The molecule has 0 saturated heterocycles. The predicted molar refractivity (Wildman–Crippen MR) is 87.4 cm³/mol. The predicted octanol–water partition coefficient (Wildman–Crippen LogP) is 4.43. The fraction of sp³-hybridized carbons (Fsp3) is 0.188. The first-order chi connectivity index (χ1) is 9.81. The smallest absolute Gasteiger partial charge is 0.121 e. The van der Waals surface area contributed by atoms with Gasteiger partial charge in [0.2, 0.25) is 0 Å². The molecule has 0 spiro atoms. The van der Waals surface area contributed by atoms with Crippen LogP contribution in [0.25, 0.3) is 0 Å². The number of aliphatic imine (C=N–C) groups is 1. The maximum absolute atomic E-state index is 4.71. The lowest BCUT2D eigenvalue weighted by Crippen LogP contribution is -2.29. The number of rotatable bonds is 2. The molecule has 3 rings (SSSR count). The van der Waals surface area contributed by atoms with E-state index in [-0.39, 0.29) is 0 Å². The monoisotopic (exact) mass is 329 g/mol. The first-order valence-electron chi connectivity index (χ1n) is 6.74. The molecule has 2 aromatic rings. The molecule has 0 amide bonds. The van der Waals surface area contributed by atoms with Crippen LogP contribution in [0.5, 0.6) is 0 Å². The van der Waals surface area contributed by atoms with E-state index in [2.05, 4.69) is 45.0 Å². The standard InChI is InChI=1S/C16H16BrN3/c17-13-8-10-14(11-9-13)19-20-16-7-3-5-12-4-1-2-6-15(12)18-16/h1-2,4,6,8-11,19H,3,5,7H2,(H,18,20). The van der Waals surface area contributed by atoms with Gasteiger partial charge in [0, 0.05) is 10.9 Å².